The lowest BCUT2D eigenvalue weighted by Gasteiger charge is -2.12. The number of hydrogen-bond donors (Lipinski definition) is 1. The van der Waals surface area contributed by atoms with Crippen molar-refractivity contribution in [2.45, 2.75) is 26.3 Å². The molecule has 0 bridgehead atoms. The number of benzene rings is 1. The van der Waals surface area contributed by atoms with Gasteiger partial charge in [0.1, 0.15) is 0 Å². The Morgan fingerprint density at radius 3 is 2.88 bits per heavy atom. The molecule has 0 saturated heterocycles. The number of anilines is 1. The summed E-state index contributed by atoms with van der Waals surface area (Å²) in [4.78, 5) is 10.3. The van der Waals surface area contributed by atoms with Crippen molar-refractivity contribution in [2.75, 3.05) is 5.32 Å². The van der Waals surface area contributed by atoms with Crippen molar-refractivity contribution >= 4 is 11.4 Å². The molecular formula is C12H14N2O2. The summed E-state index contributed by atoms with van der Waals surface area (Å²) in [6, 6.07) is 5.17. The predicted octanol–water partition coefficient (Wildman–Crippen LogP) is 2.73. The number of hydrogen-bond acceptors (Lipinski definition) is 3. The summed E-state index contributed by atoms with van der Waals surface area (Å²) in [5.41, 5.74) is 1.50. The molecule has 16 heavy (non-hydrogen) atoms. The molecule has 1 aromatic carbocycles. The van der Waals surface area contributed by atoms with E-state index in [0.29, 0.717) is 12.0 Å². The Hall–Kier alpha value is -2.02. The number of rotatable bonds is 4. The van der Waals surface area contributed by atoms with Gasteiger partial charge in [-0.05, 0) is 19.9 Å². The first kappa shape index (κ1) is 12.1. The zero-order valence-electron chi connectivity index (χ0n) is 9.36. The molecule has 0 fully saturated rings. The van der Waals surface area contributed by atoms with Crippen molar-refractivity contribution in [1.82, 2.24) is 0 Å². The van der Waals surface area contributed by atoms with Crippen LogP contribution >= 0.6 is 0 Å². The molecule has 0 aliphatic carbocycles. The minimum atomic E-state index is -0.383. The topological polar surface area (TPSA) is 55.2 Å². The summed E-state index contributed by atoms with van der Waals surface area (Å²) in [7, 11) is 0. The normalized spacial score (nSPS) is 11.6. The first-order chi connectivity index (χ1) is 7.54. The molecule has 0 spiro atoms. The van der Waals surface area contributed by atoms with Crippen LogP contribution in [0, 0.1) is 29.4 Å². The molecule has 4 nitrogen and oxygen atoms in total. The van der Waals surface area contributed by atoms with Gasteiger partial charge in [-0.15, -0.1) is 12.3 Å². The van der Waals surface area contributed by atoms with Crippen LogP contribution in [-0.2, 0) is 0 Å². The molecule has 0 aromatic heterocycles. The van der Waals surface area contributed by atoms with Crippen molar-refractivity contribution < 1.29 is 4.92 Å². The van der Waals surface area contributed by atoms with E-state index in [1.54, 1.807) is 13.0 Å². The minimum Gasteiger partial charge on any atom is -0.381 e. The second-order valence-corrected chi connectivity index (χ2v) is 3.71. The van der Waals surface area contributed by atoms with E-state index in [1.807, 2.05) is 13.0 Å². The lowest BCUT2D eigenvalue weighted by atomic mass is 10.1. The van der Waals surface area contributed by atoms with Crippen LogP contribution in [0.3, 0.4) is 0 Å². The summed E-state index contributed by atoms with van der Waals surface area (Å²) >= 11 is 0. The number of nitro benzene ring substituents is 1. The Balaban J connectivity index is 2.87. The predicted molar refractivity (Wildman–Crippen MR) is 64.4 cm³/mol. The highest BCUT2D eigenvalue weighted by Crippen LogP contribution is 2.22. The van der Waals surface area contributed by atoms with Crippen LogP contribution in [0.15, 0.2) is 18.2 Å². The first-order valence-corrected chi connectivity index (χ1v) is 4.99. The molecule has 1 unspecified atom stereocenters. The SMILES string of the molecule is C#CCC(C)Nc1ccc(C)c([N+](=O)[O-])c1. The lowest BCUT2D eigenvalue weighted by Crippen LogP contribution is -2.14. The third-order valence-electron chi connectivity index (χ3n) is 2.24. The minimum absolute atomic E-state index is 0.104. The third-order valence-corrected chi connectivity index (χ3v) is 2.24. The number of terminal acetylenes is 1. The standard InChI is InChI=1S/C12H14N2O2/c1-4-5-10(3)13-11-7-6-9(2)12(8-11)14(15)16/h1,6-8,10,13H,5H2,2-3H3. The van der Waals surface area contributed by atoms with Crippen molar-refractivity contribution in [1.29, 1.82) is 0 Å². The molecule has 1 N–H and O–H groups in total. The molecule has 1 rings (SSSR count). The molecular weight excluding hydrogens is 204 g/mol. The quantitative estimate of drug-likeness (QED) is 0.480. The van der Waals surface area contributed by atoms with Crippen molar-refractivity contribution in [3.63, 3.8) is 0 Å². The van der Waals surface area contributed by atoms with Gasteiger partial charge in [0.15, 0.2) is 0 Å². The third kappa shape index (κ3) is 2.99. The summed E-state index contributed by atoms with van der Waals surface area (Å²) in [6.07, 6.45) is 5.77. The van der Waals surface area contributed by atoms with Crippen molar-refractivity contribution in [3.05, 3.63) is 33.9 Å². The Morgan fingerprint density at radius 2 is 2.31 bits per heavy atom. The smallest absolute Gasteiger partial charge is 0.274 e. The van der Waals surface area contributed by atoms with E-state index >= 15 is 0 Å². The first-order valence-electron chi connectivity index (χ1n) is 4.99. The van der Waals surface area contributed by atoms with Gasteiger partial charge in [0.2, 0.25) is 0 Å². The fraction of sp³-hybridized carbons (Fsp3) is 0.333. The zero-order chi connectivity index (χ0) is 12.1. The van der Waals surface area contributed by atoms with Crippen LogP contribution in [0.2, 0.25) is 0 Å². The average molecular weight is 218 g/mol. The molecule has 0 saturated carbocycles. The van der Waals surface area contributed by atoms with Crippen LogP contribution in [0.1, 0.15) is 18.9 Å². The highest BCUT2D eigenvalue weighted by atomic mass is 16.6. The number of aryl methyl sites for hydroxylation is 1. The Bertz CT molecular complexity index is 435. The van der Waals surface area contributed by atoms with Gasteiger partial charge in [0, 0.05) is 29.8 Å². The maximum Gasteiger partial charge on any atom is 0.274 e. The summed E-state index contributed by atoms with van der Waals surface area (Å²) in [6.45, 7) is 3.65. The van der Waals surface area contributed by atoms with E-state index in [4.69, 9.17) is 6.42 Å². The molecule has 0 heterocycles. The van der Waals surface area contributed by atoms with Gasteiger partial charge in [0.25, 0.3) is 5.69 Å². The molecule has 0 aliphatic rings. The lowest BCUT2D eigenvalue weighted by molar-refractivity contribution is -0.385. The van der Waals surface area contributed by atoms with Crippen LogP contribution in [0.4, 0.5) is 11.4 Å². The van der Waals surface area contributed by atoms with Crippen LogP contribution in [0.5, 0.6) is 0 Å². The van der Waals surface area contributed by atoms with Gasteiger partial charge in [-0.3, -0.25) is 10.1 Å². The summed E-state index contributed by atoms with van der Waals surface area (Å²) in [5, 5.41) is 13.8. The van der Waals surface area contributed by atoms with Crippen molar-refractivity contribution in [2.24, 2.45) is 0 Å². The van der Waals surface area contributed by atoms with Crippen molar-refractivity contribution in [3.8, 4) is 12.3 Å². The highest BCUT2D eigenvalue weighted by molar-refractivity contribution is 5.55. The van der Waals surface area contributed by atoms with Gasteiger partial charge in [-0.25, -0.2) is 0 Å². The van der Waals surface area contributed by atoms with E-state index in [-0.39, 0.29) is 16.7 Å². The van der Waals surface area contributed by atoms with Gasteiger partial charge in [-0.1, -0.05) is 6.07 Å². The second-order valence-electron chi connectivity index (χ2n) is 3.71. The monoisotopic (exact) mass is 218 g/mol. The number of nitrogens with zero attached hydrogens (tertiary/aromatic N) is 1. The maximum atomic E-state index is 10.7. The number of nitro groups is 1. The maximum absolute atomic E-state index is 10.7. The molecule has 84 valence electrons. The summed E-state index contributed by atoms with van der Waals surface area (Å²) < 4.78 is 0. The van der Waals surface area contributed by atoms with E-state index < -0.39 is 0 Å². The zero-order valence-corrected chi connectivity index (χ0v) is 9.36. The van der Waals surface area contributed by atoms with Crippen LogP contribution < -0.4 is 5.32 Å². The van der Waals surface area contributed by atoms with Crippen LogP contribution in [0.25, 0.3) is 0 Å². The Kier molecular flexibility index (Phi) is 3.90. The molecule has 1 aromatic rings. The molecule has 0 aliphatic heterocycles. The Labute approximate surface area is 94.8 Å². The summed E-state index contributed by atoms with van der Waals surface area (Å²) in [5.74, 6) is 2.54. The fourth-order valence-corrected chi connectivity index (χ4v) is 1.41. The highest BCUT2D eigenvalue weighted by Gasteiger charge is 2.11. The van der Waals surface area contributed by atoms with E-state index in [1.165, 1.54) is 6.07 Å². The van der Waals surface area contributed by atoms with E-state index in [2.05, 4.69) is 11.2 Å². The van der Waals surface area contributed by atoms with Gasteiger partial charge in [-0.2, -0.15) is 0 Å². The van der Waals surface area contributed by atoms with E-state index in [0.717, 1.165) is 5.69 Å². The van der Waals surface area contributed by atoms with E-state index in [9.17, 15) is 10.1 Å². The van der Waals surface area contributed by atoms with Gasteiger partial charge in [0.05, 0.1) is 4.92 Å². The van der Waals surface area contributed by atoms with Crippen LogP contribution in [-0.4, -0.2) is 11.0 Å². The fourth-order valence-electron chi connectivity index (χ4n) is 1.41. The van der Waals surface area contributed by atoms with Gasteiger partial charge >= 0.3 is 0 Å². The van der Waals surface area contributed by atoms with Gasteiger partial charge < -0.3 is 5.32 Å². The molecule has 1 atom stereocenters. The molecule has 0 radical (unpaired) electrons. The Morgan fingerprint density at radius 1 is 1.62 bits per heavy atom. The largest absolute Gasteiger partial charge is 0.381 e. The second kappa shape index (κ2) is 5.17. The molecule has 0 amide bonds. The number of nitrogens with one attached hydrogen (secondary N) is 1. The average Bonchev–Trinajstić information content (AvgIpc) is 2.21. The molecule has 4 heteroatoms.